The van der Waals surface area contributed by atoms with Gasteiger partial charge in [-0.3, -0.25) is 0 Å². The fraction of sp³-hybridized carbons (Fsp3) is 0.818. The highest BCUT2D eigenvalue weighted by atomic mass is 19.3. The summed E-state index contributed by atoms with van der Waals surface area (Å²) in [6.07, 6.45) is 6.54. The van der Waals surface area contributed by atoms with Crippen molar-refractivity contribution in [2.24, 2.45) is 11.8 Å². The van der Waals surface area contributed by atoms with Gasteiger partial charge in [-0.15, -0.1) is 0 Å². The van der Waals surface area contributed by atoms with Crippen LogP contribution in [0.2, 0.25) is 0 Å². The first kappa shape index (κ1) is 11.6. The van der Waals surface area contributed by atoms with E-state index >= 15 is 0 Å². The molecule has 3 heteroatoms. The Bertz CT molecular complexity index is 199. The summed E-state index contributed by atoms with van der Waals surface area (Å²) in [5, 5.41) is 0. The molecule has 14 heavy (non-hydrogen) atoms. The maximum absolute atomic E-state index is 13.0. The Hall–Kier alpha value is -0.470. The van der Waals surface area contributed by atoms with Gasteiger partial charge >= 0.3 is 0 Å². The molecule has 0 radical (unpaired) electrons. The smallest absolute Gasteiger partial charge is 0.244 e. The van der Waals surface area contributed by atoms with Crippen LogP contribution in [0.15, 0.2) is 12.2 Å². The van der Waals surface area contributed by atoms with Gasteiger partial charge in [0.25, 0.3) is 5.92 Å². The maximum Gasteiger partial charge on any atom is 0.278 e. The van der Waals surface area contributed by atoms with Gasteiger partial charge in [-0.25, -0.2) is 13.2 Å². The molecule has 0 N–H and O–H groups in total. The quantitative estimate of drug-likeness (QED) is 0.610. The minimum absolute atomic E-state index is 0.327. The van der Waals surface area contributed by atoms with Crippen LogP contribution < -0.4 is 0 Å². The Labute approximate surface area is 83.2 Å². The first-order valence-electron chi connectivity index (χ1n) is 5.15. The average molecular weight is 206 g/mol. The van der Waals surface area contributed by atoms with E-state index in [1.54, 1.807) is 0 Å². The summed E-state index contributed by atoms with van der Waals surface area (Å²) in [6.45, 7) is 0.413. The monoisotopic (exact) mass is 206 g/mol. The van der Waals surface area contributed by atoms with E-state index in [-0.39, 0.29) is 0 Å². The third kappa shape index (κ3) is 2.76. The van der Waals surface area contributed by atoms with Gasteiger partial charge in [0.1, 0.15) is 0 Å². The number of alkyl halides is 3. The van der Waals surface area contributed by atoms with Crippen molar-refractivity contribution in [3.05, 3.63) is 12.2 Å². The summed E-state index contributed by atoms with van der Waals surface area (Å²) >= 11 is 0. The molecule has 2 unspecified atom stereocenters. The molecule has 0 heterocycles. The van der Waals surface area contributed by atoms with E-state index in [9.17, 15) is 13.2 Å². The Morgan fingerprint density at radius 3 is 2.64 bits per heavy atom. The third-order valence-corrected chi connectivity index (χ3v) is 3.02. The van der Waals surface area contributed by atoms with E-state index in [0.29, 0.717) is 18.8 Å². The molecule has 1 aliphatic rings. The zero-order valence-electron chi connectivity index (χ0n) is 8.48. The molecule has 0 saturated heterocycles. The average Bonchev–Trinajstić information content (AvgIpc) is 2.63. The van der Waals surface area contributed by atoms with Crippen LogP contribution >= 0.6 is 0 Å². The molecule has 0 aliphatic heterocycles. The van der Waals surface area contributed by atoms with Gasteiger partial charge in [0.2, 0.25) is 0 Å². The molecule has 0 aromatic rings. The first-order valence-corrected chi connectivity index (χ1v) is 5.15. The Kier molecular flexibility index (Phi) is 4.02. The largest absolute Gasteiger partial charge is 0.278 e. The molecule has 0 aromatic carbocycles. The molecule has 1 fully saturated rings. The minimum atomic E-state index is -3.09. The van der Waals surface area contributed by atoms with E-state index < -0.39 is 18.5 Å². The van der Waals surface area contributed by atoms with Crippen LogP contribution in [0.1, 0.15) is 32.6 Å². The topological polar surface area (TPSA) is 0 Å². The van der Waals surface area contributed by atoms with Gasteiger partial charge in [-0.05, 0) is 38.5 Å². The molecule has 0 spiro atoms. The molecule has 1 aliphatic carbocycles. The SMILES string of the molecule is CC=CCC1CCC(C(F)(F)CF)C1. The van der Waals surface area contributed by atoms with E-state index in [1.807, 2.05) is 19.1 Å². The number of hydrogen-bond donors (Lipinski definition) is 0. The molecule has 1 rings (SSSR count). The van der Waals surface area contributed by atoms with Crippen molar-refractivity contribution in [2.75, 3.05) is 6.67 Å². The van der Waals surface area contributed by atoms with Crippen molar-refractivity contribution in [3.63, 3.8) is 0 Å². The lowest BCUT2D eigenvalue weighted by molar-refractivity contribution is -0.0748. The molecule has 0 amide bonds. The number of hydrogen-bond acceptors (Lipinski definition) is 0. The van der Waals surface area contributed by atoms with E-state index in [2.05, 4.69) is 0 Å². The normalized spacial score (nSPS) is 28.9. The minimum Gasteiger partial charge on any atom is -0.244 e. The summed E-state index contributed by atoms with van der Waals surface area (Å²) in [7, 11) is 0. The summed E-state index contributed by atoms with van der Waals surface area (Å²) in [6, 6.07) is 0. The molecular weight excluding hydrogens is 189 g/mol. The predicted molar refractivity (Wildman–Crippen MR) is 51.2 cm³/mol. The number of rotatable bonds is 4. The molecule has 0 nitrogen and oxygen atoms in total. The molecular formula is C11H17F3. The maximum atomic E-state index is 13.0. The van der Waals surface area contributed by atoms with Crippen molar-refractivity contribution in [1.82, 2.24) is 0 Å². The van der Waals surface area contributed by atoms with Gasteiger partial charge in [0.15, 0.2) is 6.67 Å². The first-order chi connectivity index (χ1) is 6.60. The number of halogens is 3. The van der Waals surface area contributed by atoms with Gasteiger partial charge in [-0.1, -0.05) is 12.2 Å². The molecule has 2 atom stereocenters. The highest BCUT2D eigenvalue weighted by Crippen LogP contribution is 2.42. The second-order valence-electron chi connectivity index (χ2n) is 4.08. The zero-order valence-corrected chi connectivity index (χ0v) is 8.48. The molecule has 82 valence electrons. The highest BCUT2D eigenvalue weighted by Gasteiger charge is 2.43. The van der Waals surface area contributed by atoms with E-state index in [4.69, 9.17) is 0 Å². The summed E-state index contributed by atoms with van der Waals surface area (Å²) < 4.78 is 38.0. The van der Waals surface area contributed by atoms with Crippen LogP contribution in [0.5, 0.6) is 0 Å². The summed E-state index contributed by atoms with van der Waals surface area (Å²) in [5.74, 6) is -3.50. The lowest BCUT2D eigenvalue weighted by Gasteiger charge is -2.19. The van der Waals surface area contributed by atoms with Crippen molar-refractivity contribution >= 4 is 0 Å². The lowest BCUT2D eigenvalue weighted by atomic mass is 9.97. The lowest BCUT2D eigenvalue weighted by Crippen LogP contribution is -2.28. The molecule has 1 saturated carbocycles. The Morgan fingerprint density at radius 1 is 1.36 bits per heavy atom. The van der Waals surface area contributed by atoms with Crippen LogP contribution in [-0.4, -0.2) is 12.6 Å². The van der Waals surface area contributed by atoms with Crippen molar-refractivity contribution in [3.8, 4) is 0 Å². The van der Waals surface area contributed by atoms with Crippen LogP contribution in [0.25, 0.3) is 0 Å². The predicted octanol–water partition coefficient (Wildman–Crippen LogP) is 3.97. The standard InChI is InChI=1S/C11H17F3/c1-2-3-4-9-5-6-10(7-9)11(13,14)8-12/h2-3,9-10H,4-8H2,1H3. The van der Waals surface area contributed by atoms with Crippen LogP contribution in [0.4, 0.5) is 13.2 Å². The van der Waals surface area contributed by atoms with Crippen molar-refractivity contribution < 1.29 is 13.2 Å². The Balaban J connectivity index is 2.41. The van der Waals surface area contributed by atoms with Gasteiger partial charge < -0.3 is 0 Å². The number of allylic oxidation sites excluding steroid dienone is 2. The van der Waals surface area contributed by atoms with E-state index in [0.717, 1.165) is 12.8 Å². The van der Waals surface area contributed by atoms with Gasteiger partial charge in [0, 0.05) is 5.92 Å². The van der Waals surface area contributed by atoms with Gasteiger partial charge in [-0.2, -0.15) is 0 Å². The third-order valence-electron chi connectivity index (χ3n) is 3.02. The molecule has 0 aromatic heterocycles. The fourth-order valence-electron chi connectivity index (χ4n) is 2.11. The van der Waals surface area contributed by atoms with Crippen LogP contribution in [0, 0.1) is 11.8 Å². The second kappa shape index (κ2) is 4.85. The zero-order chi connectivity index (χ0) is 10.6. The van der Waals surface area contributed by atoms with Crippen molar-refractivity contribution in [2.45, 2.75) is 38.5 Å². The van der Waals surface area contributed by atoms with Crippen LogP contribution in [-0.2, 0) is 0 Å². The van der Waals surface area contributed by atoms with Crippen LogP contribution in [0.3, 0.4) is 0 Å². The summed E-state index contributed by atoms with van der Waals surface area (Å²) in [5.41, 5.74) is 0. The van der Waals surface area contributed by atoms with Crippen molar-refractivity contribution in [1.29, 1.82) is 0 Å². The van der Waals surface area contributed by atoms with Gasteiger partial charge in [0.05, 0.1) is 0 Å². The second-order valence-corrected chi connectivity index (χ2v) is 4.08. The van der Waals surface area contributed by atoms with E-state index in [1.165, 1.54) is 0 Å². The highest BCUT2D eigenvalue weighted by molar-refractivity contribution is 4.89. The fourth-order valence-corrected chi connectivity index (χ4v) is 2.11. The summed E-state index contributed by atoms with van der Waals surface area (Å²) in [4.78, 5) is 0. The Morgan fingerprint density at radius 2 is 2.07 bits per heavy atom. The molecule has 0 bridgehead atoms.